The minimum absolute atomic E-state index is 0.0114. The highest BCUT2D eigenvalue weighted by atomic mass is 19.4. The summed E-state index contributed by atoms with van der Waals surface area (Å²) in [6, 6.07) is 19.0. The van der Waals surface area contributed by atoms with Crippen LogP contribution in [0.1, 0.15) is 134 Å². The Balaban J connectivity index is 0.000000132. The van der Waals surface area contributed by atoms with Crippen LogP contribution in [0.25, 0.3) is 28.5 Å². The van der Waals surface area contributed by atoms with Crippen LogP contribution in [0.15, 0.2) is 141 Å². The summed E-state index contributed by atoms with van der Waals surface area (Å²) in [5, 5.41) is 8.41. The number of aryl methyl sites for hydroxylation is 2. The van der Waals surface area contributed by atoms with E-state index in [9.17, 15) is 58.3 Å². The number of rotatable bonds is 12. The summed E-state index contributed by atoms with van der Waals surface area (Å²) in [6.07, 6.45) is 10.0. The first kappa shape index (κ1) is 66.5. The van der Waals surface area contributed by atoms with Gasteiger partial charge in [0.15, 0.2) is 17.3 Å². The average molecular weight is 1350 g/mol. The van der Waals surface area contributed by atoms with Crippen LogP contribution in [0.2, 0.25) is 0 Å². The Bertz CT molecular complexity index is 4160. The lowest BCUT2D eigenvalue weighted by atomic mass is 9.86. The maximum Gasteiger partial charge on any atom is 0.434 e. The van der Waals surface area contributed by atoms with E-state index in [1.54, 1.807) is 54.0 Å². The fourth-order valence-electron chi connectivity index (χ4n) is 15.3. The molecule has 0 radical (unpaired) electrons. The van der Waals surface area contributed by atoms with E-state index in [0.717, 1.165) is 99.0 Å². The van der Waals surface area contributed by atoms with Gasteiger partial charge in [0.05, 0.1) is 57.7 Å². The van der Waals surface area contributed by atoms with E-state index in [1.165, 1.54) is 35.5 Å². The quantitative estimate of drug-likeness (QED) is 0.104. The molecule has 506 valence electrons. The van der Waals surface area contributed by atoms with Crippen LogP contribution in [0.4, 0.5) is 43.9 Å². The van der Waals surface area contributed by atoms with Crippen molar-refractivity contribution in [3.63, 3.8) is 0 Å². The molecular weight excluding hydrogens is 1290 g/mol. The van der Waals surface area contributed by atoms with Crippen molar-refractivity contribution in [2.45, 2.75) is 146 Å². The second-order valence-electron chi connectivity index (χ2n) is 25.4. The Morgan fingerprint density at radius 2 is 0.847 bits per heavy atom. The summed E-state index contributed by atoms with van der Waals surface area (Å²) in [5.41, 5.74) is 2.38. The highest BCUT2D eigenvalue weighted by molar-refractivity contribution is 6.02. The Hall–Kier alpha value is -10.1. The van der Waals surface area contributed by atoms with Crippen molar-refractivity contribution in [3.8, 4) is 28.5 Å². The van der Waals surface area contributed by atoms with Gasteiger partial charge in [-0.05, 0) is 143 Å². The summed E-state index contributed by atoms with van der Waals surface area (Å²) >= 11 is 0. The number of hydrogen-bond donors (Lipinski definition) is 0. The molecule has 6 fully saturated rings. The van der Waals surface area contributed by atoms with Crippen molar-refractivity contribution in [1.29, 1.82) is 0 Å². The van der Waals surface area contributed by atoms with Crippen molar-refractivity contribution in [2.75, 3.05) is 0 Å². The van der Waals surface area contributed by atoms with Crippen LogP contribution in [0.5, 0.6) is 0 Å². The van der Waals surface area contributed by atoms with E-state index in [2.05, 4.69) is 60.0 Å². The van der Waals surface area contributed by atoms with Crippen LogP contribution in [0.3, 0.4) is 0 Å². The lowest BCUT2D eigenvalue weighted by Gasteiger charge is -2.25. The van der Waals surface area contributed by atoms with Crippen LogP contribution in [-0.2, 0) is 37.8 Å². The molecule has 0 spiro atoms. The zero-order valence-corrected chi connectivity index (χ0v) is 52.6. The summed E-state index contributed by atoms with van der Waals surface area (Å²) in [7, 11) is 0. The molecule has 29 heteroatoms. The van der Waals surface area contributed by atoms with E-state index >= 15 is 0 Å². The molecule has 6 aliphatic heterocycles. The minimum atomic E-state index is -4.50. The molecule has 9 aromatic rings. The zero-order chi connectivity index (χ0) is 68.8. The number of nitrogens with zero attached hydrogens (tertiary/aromatic N) is 16. The predicted molar refractivity (Wildman–Crippen MR) is 331 cm³/mol. The molecule has 9 atom stereocenters. The Morgan fingerprint density at radius 3 is 1.30 bits per heavy atom. The van der Waals surface area contributed by atoms with Crippen molar-refractivity contribution in [1.82, 2.24) is 79.5 Å². The summed E-state index contributed by atoms with van der Waals surface area (Å²) in [4.78, 5) is 88.1. The van der Waals surface area contributed by atoms with Gasteiger partial charge in [-0.15, -0.1) is 0 Å². The van der Waals surface area contributed by atoms with Gasteiger partial charge in [0.25, 0.3) is 17.7 Å². The van der Waals surface area contributed by atoms with Gasteiger partial charge in [0, 0.05) is 110 Å². The molecule has 6 saturated heterocycles. The Morgan fingerprint density at radius 1 is 0.429 bits per heavy atom. The third-order valence-electron chi connectivity index (χ3n) is 19.5. The maximum atomic E-state index is 14.7. The molecule has 9 unspecified atom stereocenters. The van der Waals surface area contributed by atoms with Gasteiger partial charge >= 0.3 is 18.5 Å². The maximum absolute atomic E-state index is 14.7. The van der Waals surface area contributed by atoms with E-state index in [1.807, 2.05) is 54.0 Å². The van der Waals surface area contributed by atoms with Gasteiger partial charge in [0.2, 0.25) is 0 Å². The number of carbonyl (C=O) groups excluding carboxylic acids is 3. The third kappa shape index (κ3) is 13.5. The second kappa shape index (κ2) is 27.1. The van der Waals surface area contributed by atoms with E-state index in [0.29, 0.717) is 65.7 Å². The summed E-state index contributed by atoms with van der Waals surface area (Å²) < 4.78 is 130. The first-order valence-electron chi connectivity index (χ1n) is 32.0. The average Bonchev–Trinajstić information content (AvgIpc) is 1.63. The SMILES string of the molecule is Cc1cccc(C(=O)N2C3CCC2C(Cc2cnc(C(F)(F)F)cn2)C3)c1-c1ncccn1.Cc1cccc(C(=O)N2C3CCC2C(Cc2ncc(C(F)(F)F)cn2)C3)c1-n1nccn1.O=C(c1cccc(F)c1-c1ncccn1)N1C2CCC1C(Cc1ncc(C(F)(F)F)cn1)C2. The van der Waals surface area contributed by atoms with Crippen molar-refractivity contribution >= 4 is 17.7 Å². The van der Waals surface area contributed by atoms with Gasteiger partial charge in [-0.25, -0.2) is 49.2 Å². The van der Waals surface area contributed by atoms with Gasteiger partial charge in [0.1, 0.15) is 23.2 Å². The number of benzene rings is 3. The van der Waals surface area contributed by atoms with E-state index in [-0.39, 0.29) is 88.7 Å². The second-order valence-corrected chi connectivity index (χ2v) is 25.4. The molecule has 0 saturated carbocycles. The first-order valence-corrected chi connectivity index (χ1v) is 32.0. The molecule has 6 bridgehead atoms. The van der Waals surface area contributed by atoms with Crippen LogP contribution in [-0.4, -0.2) is 134 Å². The lowest BCUT2D eigenvalue weighted by molar-refractivity contribution is -0.141. The first-order chi connectivity index (χ1) is 47.0. The molecule has 6 aliphatic rings. The fourth-order valence-corrected chi connectivity index (χ4v) is 15.3. The smallest absolute Gasteiger partial charge is 0.332 e. The molecule has 3 amide bonds. The van der Waals surface area contributed by atoms with Gasteiger partial charge in [-0.2, -0.15) is 54.5 Å². The highest BCUT2D eigenvalue weighted by Crippen LogP contribution is 2.48. The van der Waals surface area contributed by atoms with Crippen molar-refractivity contribution in [3.05, 3.63) is 209 Å². The fraction of sp³-hybridized carbons (Fsp3) is 0.377. The largest absolute Gasteiger partial charge is 0.434 e. The molecule has 15 rings (SSSR count). The molecule has 0 N–H and O–H groups in total. The normalized spacial score (nSPS) is 22.2. The molecule has 0 aliphatic carbocycles. The molecule has 19 nitrogen and oxygen atoms in total. The van der Waals surface area contributed by atoms with Crippen molar-refractivity contribution in [2.24, 2.45) is 17.8 Å². The number of carbonyl (C=O) groups is 3. The lowest BCUT2D eigenvalue weighted by Crippen LogP contribution is -2.37. The zero-order valence-electron chi connectivity index (χ0n) is 52.6. The van der Waals surface area contributed by atoms with Crippen molar-refractivity contribution < 1.29 is 58.3 Å². The van der Waals surface area contributed by atoms with Gasteiger partial charge in [-0.3, -0.25) is 19.4 Å². The van der Waals surface area contributed by atoms with E-state index in [4.69, 9.17) is 0 Å². The van der Waals surface area contributed by atoms with Gasteiger partial charge in [-0.1, -0.05) is 30.3 Å². The Kier molecular flexibility index (Phi) is 18.4. The Labute approximate surface area is 554 Å². The topological polar surface area (TPSA) is 221 Å². The number of amides is 3. The molecule has 3 aromatic carbocycles. The standard InChI is InChI=1S/C24H22F3N5O.C23H19F4N5O.C22H21F3N6O/c1-14-4-2-5-18(21(14)22-28-8-3-9-29-22)23(33)32-17-6-7-19(32)15(11-17)10-16-12-31-20(13-30-16)24(25,26)27;24-17-4-1-3-16(20(17)21-28-7-2-8-29-21)22(33)32-15-5-6-18(32)13(9-15)10-19-30-11-14(12-31-19)23(25,26)27;1-13-3-2-4-17(20(13)31-28-7-8-29-31)21(32)30-16-5-6-18(30)14(9-16)10-19-26-11-15(12-27-19)22(23,24)25/h2-5,8-9,12-13,15,17,19H,6-7,10-11H2,1H3;1-4,7-8,11-13,15,18H,5-6,9-10H2;2-4,7-8,11-12,14,16,18H,5-6,9-10H2,1H3. The number of alkyl halides is 9. The third-order valence-corrected chi connectivity index (χ3v) is 19.5. The number of hydrogen-bond acceptors (Lipinski definition) is 15. The molecular formula is C69H62F10N16O3. The van der Waals surface area contributed by atoms with Crippen LogP contribution >= 0.6 is 0 Å². The summed E-state index contributed by atoms with van der Waals surface area (Å²) in [6.45, 7) is 3.85. The predicted octanol–water partition coefficient (Wildman–Crippen LogP) is 12.4. The number of fused-ring (bicyclic) bond motifs is 6. The van der Waals surface area contributed by atoms with Crippen LogP contribution < -0.4 is 0 Å². The monoisotopic (exact) mass is 1350 g/mol. The molecule has 6 aromatic heterocycles. The van der Waals surface area contributed by atoms with Gasteiger partial charge < -0.3 is 14.7 Å². The van der Waals surface area contributed by atoms with E-state index < -0.39 is 41.2 Å². The minimum Gasteiger partial charge on any atom is -0.332 e. The number of para-hydroxylation sites is 1. The highest BCUT2D eigenvalue weighted by Gasteiger charge is 2.52. The summed E-state index contributed by atoms with van der Waals surface area (Å²) in [5.74, 6) is 0.645. The number of halogens is 10. The van der Waals surface area contributed by atoms with Crippen LogP contribution in [0, 0.1) is 37.4 Å². The molecule has 12 heterocycles. The molecule has 98 heavy (non-hydrogen) atoms. The number of aromatic nitrogens is 13.